The van der Waals surface area contributed by atoms with Crippen LogP contribution in [-0.4, -0.2) is 21.8 Å². The predicted molar refractivity (Wildman–Crippen MR) is 114 cm³/mol. The van der Waals surface area contributed by atoms with Gasteiger partial charge in [-0.15, -0.1) is 11.3 Å². The molecular weight excluding hydrogens is 384 g/mol. The molecule has 2 aromatic heterocycles. The zero-order valence-electron chi connectivity index (χ0n) is 15.2. The van der Waals surface area contributed by atoms with Crippen molar-refractivity contribution in [2.45, 2.75) is 0 Å². The summed E-state index contributed by atoms with van der Waals surface area (Å²) in [5.74, 6) is -0.631. The lowest BCUT2D eigenvalue weighted by molar-refractivity contribution is 0.102. The Hall–Kier alpha value is -3.84. The van der Waals surface area contributed by atoms with Crippen LogP contribution in [0.4, 0.5) is 10.8 Å². The van der Waals surface area contributed by atoms with Gasteiger partial charge in [-0.3, -0.25) is 19.9 Å². The van der Waals surface area contributed by atoms with E-state index in [9.17, 15) is 9.59 Å². The summed E-state index contributed by atoms with van der Waals surface area (Å²) in [5.41, 5.74) is 2.73. The quantitative estimate of drug-likeness (QED) is 0.508. The third-order valence-electron chi connectivity index (χ3n) is 4.11. The molecule has 0 atom stereocenters. The summed E-state index contributed by atoms with van der Waals surface area (Å²) in [7, 11) is 0. The molecule has 0 aliphatic heterocycles. The lowest BCUT2D eigenvalue weighted by atomic mass is 10.1. The number of hydrogen-bond acceptors (Lipinski definition) is 5. The molecule has 0 unspecified atom stereocenters. The van der Waals surface area contributed by atoms with Crippen molar-refractivity contribution in [1.29, 1.82) is 0 Å². The minimum atomic E-state index is -0.351. The minimum absolute atomic E-state index is 0.280. The zero-order valence-corrected chi connectivity index (χ0v) is 16.0. The van der Waals surface area contributed by atoms with E-state index in [2.05, 4.69) is 20.6 Å². The molecule has 0 aliphatic carbocycles. The molecule has 0 radical (unpaired) electrons. The molecule has 0 saturated carbocycles. The summed E-state index contributed by atoms with van der Waals surface area (Å²) in [6, 6.07) is 21.3. The summed E-state index contributed by atoms with van der Waals surface area (Å²) >= 11 is 1.31. The van der Waals surface area contributed by atoms with Gasteiger partial charge in [-0.1, -0.05) is 36.4 Å². The monoisotopic (exact) mass is 400 g/mol. The van der Waals surface area contributed by atoms with Crippen LogP contribution in [0.5, 0.6) is 0 Å². The first kappa shape index (κ1) is 18.5. The maximum atomic E-state index is 12.8. The number of pyridine rings is 1. The van der Waals surface area contributed by atoms with Crippen molar-refractivity contribution < 1.29 is 9.59 Å². The fourth-order valence-electron chi connectivity index (χ4n) is 2.70. The number of nitrogens with one attached hydrogen (secondary N) is 2. The Kier molecular flexibility index (Phi) is 5.40. The van der Waals surface area contributed by atoms with Crippen molar-refractivity contribution in [1.82, 2.24) is 9.97 Å². The maximum absolute atomic E-state index is 12.8. The van der Waals surface area contributed by atoms with Crippen LogP contribution in [0.3, 0.4) is 0 Å². The molecule has 2 heterocycles. The number of benzene rings is 2. The highest BCUT2D eigenvalue weighted by molar-refractivity contribution is 7.14. The Morgan fingerprint density at radius 1 is 0.759 bits per heavy atom. The van der Waals surface area contributed by atoms with Crippen LogP contribution >= 0.6 is 11.3 Å². The number of carbonyl (C=O) groups is 2. The number of nitrogens with zero attached hydrogens (tertiary/aromatic N) is 2. The van der Waals surface area contributed by atoms with E-state index in [4.69, 9.17) is 0 Å². The number of thiazole rings is 1. The molecule has 7 heteroatoms. The van der Waals surface area contributed by atoms with Crippen molar-refractivity contribution in [3.63, 3.8) is 0 Å². The molecule has 0 aliphatic rings. The Labute approximate surface area is 171 Å². The first-order valence-electron chi connectivity index (χ1n) is 8.84. The number of aromatic nitrogens is 2. The van der Waals surface area contributed by atoms with Crippen LogP contribution in [0, 0.1) is 0 Å². The second-order valence-corrected chi connectivity index (χ2v) is 6.93. The molecule has 0 bridgehead atoms. The van der Waals surface area contributed by atoms with E-state index in [-0.39, 0.29) is 11.8 Å². The van der Waals surface area contributed by atoms with E-state index in [1.54, 1.807) is 54.7 Å². The van der Waals surface area contributed by atoms with E-state index in [0.717, 1.165) is 5.69 Å². The van der Waals surface area contributed by atoms with Crippen LogP contribution in [0.25, 0.3) is 11.4 Å². The third-order valence-corrected chi connectivity index (χ3v) is 4.87. The van der Waals surface area contributed by atoms with Crippen LogP contribution in [0.2, 0.25) is 0 Å². The molecule has 6 nitrogen and oxygen atoms in total. The average molecular weight is 400 g/mol. The number of amides is 2. The first-order valence-corrected chi connectivity index (χ1v) is 9.72. The Bertz CT molecular complexity index is 1140. The van der Waals surface area contributed by atoms with Crippen LogP contribution in [0.1, 0.15) is 20.7 Å². The van der Waals surface area contributed by atoms with E-state index in [1.165, 1.54) is 11.3 Å². The molecule has 142 valence electrons. The number of anilines is 2. The van der Waals surface area contributed by atoms with Gasteiger partial charge in [0, 0.05) is 17.1 Å². The smallest absolute Gasteiger partial charge is 0.259 e. The largest absolute Gasteiger partial charge is 0.321 e. The predicted octanol–water partition coefficient (Wildman–Crippen LogP) is 4.71. The van der Waals surface area contributed by atoms with Gasteiger partial charge in [0.2, 0.25) is 0 Å². The molecule has 2 amide bonds. The maximum Gasteiger partial charge on any atom is 0.259 e. The highest BCUT2D eigenvalue weighted by Gasteiger charge is 2.16. The van der Waals surface area contributed by atoms with Gasteiger partial charge in [-0.05, 0) is 36.4 Å². The molecule has 0 fully saturated rings. The van der Waals surface area contributed by atoms with Gasteiger partial charge in [0.05, 0.1) is 16.9 Å². The topological polar surface area (TPSA) is 84.0 Å². The summed E-state index contributed by atoms with van der Waals surface area (Å²) < 4.78 is 0. The normalized spacial score (nSPS) is 10.3. The number of hydrogen-bond donors (Lipinski definition) is 2. The van der Waals surface area contributed by atoms with Gasteiger partial charge >= 0.3 is 0 Å². The average Bonchev–Trinajstić information content (AvgIpc) is 3.24. The molecule has 0 spiro atoms. The van der Waals surface area contributed by atoms with Crippen molar-refractivity contribution in [3.8, 4) is 11.4 Å². The van der Waals surface area contributed by atoms with Crippen molar-refractivity contribution in [2.24, 2.45) is 0 Å². The van der Waals surface area contributed by atoms with Gasteiger partial charge in [0.15, 0.2) is 5.13 Å². The molecule has 2 N–H and O–H groups in total. The highest BCUT2D eigenvalue weighted by atomic mass is 32.1. The molecule has 29 heavy (non-hydrogen) atoms. The lowest BCUT2D eigenvalue weighted by Crippen LogP contribution is -2.18. The van der Waals surface area contributed by atoms with Crippen LogP contribution in [-0.2, 0) is 0 Å². The van der Waals surface area contributed by atoms with Gasteiger partial charge in [0.25, 0.3) is 11.8 Å². The van der Waals surface area contributed by atoms with E-state index < -0.39 is 0 Å². The Morgan fingerprint density at radius 3 is 2.31 bits per heavy atom. The van der Waals surface area contributed by atoms with E-state index in [1.807, 2.05) is 29.6 Å². The number of para-hydroxylation sites is 1. The zero-order chi connectivity index (χ0) is 20.1. The molecule has 0 saturated heterocycles. The fourth-order valence-corrected chi connectivity index (χ4v) is 3.40. The number of rotatable bonds is 5. The van der Waals surface area contributed by atoms with Crippen molar-refractivity contribution in [2.75, 3.05) is 10.6 Å². The minimum Gasteiger partial charge on any atom is -0.321 e. The second kappa shape index (κ2) is 8.45. The summed E-state index contributed by atoms with van der Waals surface area (Å²) in [5, 5.41) is 7.88. The van der Waals surface area contributed by atoms with Gasteiger partial charge in [0.1, 0.15) is 5.69 Å². The highest BCUT2D eigenvalue weighted by Crippen LogP contribution is 2.24. The van der Waals surface area contributed by atoms with Crippen LogP contribution in [0.15, 0.2) is 84.4 Å². The van der Waals surface area contributed by atoms with Crippen molar-refractivity contribution in [3.05, 3.63) is 95.5 Å². The lowest BCUT2D eigenvalue weighted by Gasteiger charge is -2.10. The third kappa shape index (κ3) is 4.36. The van der Waals surface area contributed by atoms with Gasteiger partial charge in [-0.25, -0.2) is 4.98 Å². The van der Waals surface area contributed by atoms with E-state index in [0.29, 0.717) is 27.6 Å². The molecule has 4 aromatic rings. The molecule has 4 rings (SSSR count). The SMILES string of the molecule is O=C(Nc1ccccc1C(=O)Nc1nc(-c2ccccn2)cs1)c1ccccc1. The van der Waals surface area contributed by atoms with Gasteiger partial charge < -0.3 is 5.32 Å². The molecular formula is C22H16N4O2S. The van der Waals surface area contributed by atoms with Crippen LogP contribution < -0.4 is 10.6 Å². The summed E-state index contributed by atoms with van der Waals surface area (Å²) in [4.78, 5) is 33.9. The second-order valence-electron chi connectivity index (χ2n) is 6.07. The van der Waals surface area contributed by atoms with Crippen molar-refractivity contribution >= 4 is 34.0 Å². The number of carbonyl (C=O) groups excluding carboxylic acids is 2. The Morgan fingerprint density at radius 2 is 1.52 bits per heavy atom. The first-order chi connectivity index (χ1) is 14.2. The summed E-state index contributed by atoms with van der Waals surface area (Å²) in [6.45, 7) is 0. The Balaban J connectivity index is 1.51. The molecule has 2 aromatic carbocycles. The summed E-state index contributed by atoms with van der Waals surface area (Å²) in [6.07, 6.45) is 1.69. The van der Waals surface area contributed by atoms with Gasteiger partial charge in [-0.2, -0.15) is 0 Å². The standard InChI is InChI=1S/C22H16N4O2S/c27-20(15-8-2-1-3-9-15)24-17-11-5-4-10-16(17)21(28)26-22-25-19(14-29-22)18-12-6-7-13-23-18/h1-14H,(H,24,27)(H,25,26,28). The fraction of sp³-hybridized carbons (Fsp3) is 0. The van der Waals surface area contributed by atoms with E-state index >= 15 is 0 Å².